The molecule has 4 rings (SSSR count). The molecule has 0 aliphatic carbocycles. The molecule has 0 unspecified atom stereocenters. The number of halogens is 1. The highest BCUT2D eigenvalue weighted by Crippen LogP contribution is 2.33. The molecule has 0 radical (unpaired) electrons. The smallest absolute Gasteiger partial charge is 0.256 e. The number of amidine groups is 1. The van der Waals surface area contributed by atoms with Crippen LogP contribution in [-0.2, 0) is 10.0 Å². The molecule has 1 fully saturated rings. The fourth-order valence-electron chi connectivity index (χ4n) is 3.43. The maximum atomic E-state index is 11.9. The zero-order valence-electron chi connectivity index (χ0n) is 14.1. The van der Waals surface area contributed by atoms with Crippen LogP contribution in [0.2, 0.25) is 0 Å². The Morgan fingerprint density at radius 2 is 1.65 bits per heavy atom. The summed E-state index contributed by atoms with van der Waals surface area (Å²) in [7, 11) is -3.33. The first-order valence-corrected chi connectivity index (χ1v) is 11.0. The normalized spacial score (nSPS) is 21.7. The average Bonchev–Trinajstić information content (AvgIpc) is 2.63. The lowest BCUT2D eigenvalue weighted by Crippen LogP contribution is -2.46. The van der Waals surface area contributed by atoms with E-state index in [1.807, 2.05) is 48.5 Å². The predicted octanol–water partition coefficient (Wildman–Crippen LogP) is 4.16. The van der Waals surface area contributed by atoms with Gasteiger partial charge in [-0.2, -0.15) is 0 Å². The van der Waals surface area contributed by atoms with E-state index >= 15 is 0 Å². The van der Waals surface area contributed by atoms with Crippen molar-refractivity contribution in [1.82, 2.24) is 4.90 Å². The van der Waals surface area contributed by atoms with Crippen LogP contribution in [0, 0.1) is 0 Å². The molecule has 2 aromatic rings. The molecule has 26 heavy (non-hydrogen) atoms. The molecule has 1 atom stereocenters. The highest BCUT2D eigenvalue weighted by atomic mass is 79.9. The molecule has 2 aliphatic heterocycles. The summed E-state index contributed by atoms with van der Waals surface area (Å²) in [5.74, 6) is 2.36. The van der Waals surface area contributed by atoms with Gasteiger partial charge in [0.05, 0.1) is 5.75 Å². The molecular formula is C19H19BrN2O3S. The van der Waals surface area contributed by atoms with E-state index in [4.69, 9.17) is 4.74 Å². The fraction of sp³-hybridized carbons (Fsp3) is 0.316. The molecule has 2 aromatic carbocycles. The number of ether oxygens (including phenoxy) is 1. The minimum atomic E-state index is -3.33. The van der Waals surface area contributed by atoms with E-state index < -0.39 is 10.0 Å². The topological polar surface area (TPSA) is 59.0 Å². The van der Waals surface area contributed by atoms with E-state index in [0.29, 0.717) is 12.4 Å². The predicted molar refractivity (Wildman–Crippen MR) is 105 cm³/mol. The number of benzene rings is 2. The number of piperidine rings is 1. The van der Waals surface area contributed by atoms with E-state index in [-0.39, 0.29) is 11.7 Å². The SMILES string of the molecule is O=S1(=O)CCN2CCC[C@@H](c3ccc(Oc4ccc(Br)cc4)cc3)C2=N1. The lowest BCUT2D eigenvalue weighted by Gasteiger charge is -2.37. The highest BCUT2D eigenvalue weighted by Gasteiger charge is 2.33. The summed E-state index contributed by atoms with van der Waals surface area (Å²) in [6.07, 6.45) is 1.96. The van der Waals surface area contributed by atoms with E-state index in [2.05, 4.69) is 25.2 Å². The molecule has 136 valence electrons. The Labute approximate surface area is 161 Å². The maximum Gasteiger partial charge on any atom is 0.256 e. The van der Waals surface area contributed by atoms with Crippen LogP contribution in [-0.4, -0.2) is 38.0 Å². The molecule has 5 nitrogen and oxygen atoms in total. The monoisotopic (exact) mass is 434 g/mol. The van der Waals surface area contributed by atoms with Crippen molar-refractivity contribution in [3.05, 3.63) is 58.6 Å². The molecule has 2 aliphatic rings. The van der Waals surface area contributed by atoms with Crippen molar-refractivity contribution in [3.63, 3.8) is 0 Å². The Bertz CT molecular complexity index is 924. The van der Waals surface area contributed by atoms with E-state index in [1.54, 1.807) is 0 Å². The third kappa shape index (κ3) is 3.78. The molecule has 7 heteroatoms. The van der Waals surface area contributed by atoms with Gasteiger partial charge in [0, 0.05) is 23.5 Å². The lowest BCUT2D eigenvalue weighted by atomic mass is 9.89. The molecule has 0 aromatic heterocycles. The summed E-state index contributed by atoms with van der Waals surface area (Å²) in [5.41, 5.74) is 1.08. The Morgan fingerprint density at radius 1 is 1.00 bits per heavy atom. The number of nitrogens with zero attached hydrogens (tertiary/aromatic N) is 2. The summed E-state index contributed by atoms with van der Waals surface area (Å²) in [6, 6.07) is 15.5. The maximum absolute atomic E-state index is 11.9. The van der Waals surface area contributed by atoms with Crippen molar-refractivity contribution >= 4 is 31.8 Å². The molecule has 2 heterocycles. The van der Waals surface area contributed by atoms with Gasteiger partial charge in [-0.15, -0.1) is 4.40 Å². The van der Waals surface area contributed by atoms with Gasteiger partial charge in [-0.05, 0) is 54.8 Å². The van der Waals surface area contributed by atoms with Crippen molar-refractivity contribution in [2.45, 2.75) is 18.8 Å². The van der Waals surface area contributed by atoms with Gasteiger partial charge in [0.15, 0.2) is 0 Å². The highest BCUT2D eigenvalue weighted by molar-refractivity contribution is 9.10. The number of sulfonamides is 1. The second-order valence-electron chi connectivity index (χ2n) is 6.54. The summed E-state index contributed by atoms with van der Waals surface area (Å²) in [6.45, 7) is 1.43. The Balaban J connectivity index is 1.56. The van der Waals surface area contributed by atoms with Crippen molar-refractivity contribution < 1.29 is 13.2 Å². The molecule has 1 saturated heterocycles. The van der Waals surface area contributed by atoms with Crippen LogP contribution in [0.25, 0.3) is 0 Å². The number of hydrogen-bond acceptors (Lipinski definition) is 4. The first kappa shape index (κ1) is 17.5. The first-order valence-electron chi connectivity index (χ1n) is 8.61. The van der Waals surface area contributed by atoms with Gasteiger partial charge in [0.2, 0.25) is 0 Å². The number of fused-ring (bicyclic) bond motifs is 1. The van der Waals surface area contributed by atoms with E-state index in [9.17, 15) is 8.42 Å². The van der Waals surface area contributed by atoms with Crippen LogP contribution < -0.4 is 4.74 Å². The van der Waals surface area contributed by atoms with Crippen molar-refractivity contribution in [2.75, 3.05) is 18.8 Å². The molecule has 0 bridgehead atoms. The van der Waals surface area contributed by atoms with Crippen LogP contribution in [0.15, 0.2) is 57.4 Å². The largest absolute Gasteiger partial charge is 0.457 e. The Morgan fingerprint density at radius 3 is 2.35 bits per heavy atom. The molecule has 0 spiro atoms. The van der Waals surface area contributed by atoms with Crippen LogP contribution >= 0.6 is 15.9 Å². The quantitative estimate of drug-likeness (QED) is 0.727. The van der Waals surface area contributed by atoms with Gasteiger partial charge in [0.1, 0.15) is 17.3 Å². The molecule has 0 N–H and O–H groups in total. The van der Waals surface area contributed by atoms with Crippen LogP contribution in [0.1, 0.15) is 24.3 Å². The van der Waals surface area contributed by atoms with Gasteiger partial charge >= 0.3 is 0 Å². The summed E-state index contributed by atoms with van der Waals surface area (Å²) in [5, 5.41) is 0. The molecule has 0 saturated carbocycles. The second-order valence-corrected chi connectivity index (χ2v) is 9.21. The second kappa shape index (κ2) is 7.04. The van der Waals surface area contributed by atoms with Crippen molar-refractivity contribution in [1.29, 1.82) is 0 Å². The zero-order valence-corrected chi connectivity index (χ0v) is 16.5. The van der Waals surface area contributed by atoms with E-state index in [1.165, 1.54) is 0 Å². The summed E-state index contributed by atoms with van der Waals surface area (Å²) >= 11 is 3.41. The molecule has 0 amide bonds. The van der Waals surface area contributed by atoms with Gasteiger partial charge in [-0.25, -0.2) is 8.42 Å². The standard InChI is InChI=1S/C19H19BrN2O3S/c20-15-5-9-17(10-6-15)25-16-7-3-14(4-8-16)18-2-1-11-22-12-13-26(23,24)21-19(18)22/h3-10,18H,1-2,11-13H2/t18-/m0/s1. The Hall–Kier alpha value is -1.86. The number of rotatable bonds is 3. The van der Waals surface area contributed by atoms with Crippen LogP contribution in [0.3, 0.4) is 0 Å². The van der Waals surface area contributed by atoms with Gasteiger partial charge in [0.25, 0.3) is 10.0 Å². The first-order chi connectivity index (χ1) is 12.5. The molecular weight excluding hydrogens is 416 g/mol. The third-order valence-electron chi connectivity index (χ3n) is 4.74. The number of hydrogen-bond donors (Lipinski definition) is 0. The minimum absolute atomic E-state index is 0.0283. The van der Waals surface area contributed by atoms with Crippen LogP contribution in [0.5, 0.6) is 11.5 Å². The van der Waals surface area contributed by atoms with E-state index in [0.717, 1.165) is 40.9 Å². The van der Waals surface area contributed by atoms with Gasteiger partial charge in [-0.3, -0.25) is 0 Å². The Kier molecular flexibility index (Phi) is 4.75. The fourth-order valence-corrected chi connectivity index (χ4v) is 4.77. The summed E-state index contributed by atoms with van der Waals surface area (Å²) in [4.78, 5) is 2.11. The van der Waals surface area contributed by atoms with Crippen molar-refractivity contribution in [2.24, 2.45) is 4.40 Å². The van der Waals surface area contributed by atoms with Crippen LogP contribution in [0.4, 0.5) is 0 Å². The summed E-state index contributed by atoms with van der Waals surface area (Å²) < 4.78 is 34.8. The average molecular weight is 435 g/mol. The zero-order chi connectivity index (χ0) is 18.1. The third-order valence-corrected chi connectivity index (χ3v) is 6.43. The van der Waals surface area contributed by atoms with Gasteiger partial charge in [-0.1, -0.05) is 28.1 Å². The lowest BCUT2D eigenvalue weighted by molar-refractivity contribution is 0.366. The van der Waals surface area contributed by atoms with Gasteiger partial charge < -0.3 is 9.64 Å². The minimum Gasteiger partial charge on any atom is -0.457 e. The van der Waals surface area contributed by atoms with Crippen molar-refractivity contribution in [3.8, 4) is 11.5 Å².